The van der Waals surface area contributed by atoms with Crippen LogP contribution in [0, 0.1) is 6.92 Å². The molecule has 3 aromatic carbocycles. The number of para-hydroxylation sites is 2. The number of benzene rings is 3. The second-order valence-electron chi connectivity index (χ2n) is 7.26. The monoisotopic (exact) mass is 451 g/mol. The fourth-order valence-corrected chi connectivity index (χ4v) is 4.06. The lowest BCUT2D eigenvalue weighted by atomic mass is 10.1. The summed E-state index contributed by atoms with van der Waals surface area (Å²) in [4.78, 5) is 0. The first-order chi connectivity index (χ1) is 15.1. The van der Waals surface area contributed by atoms with E-state index in [0.717, 1.165) is 39.0 Å². The molecule has 0 aliphatic rings. The lowest BCUT2D eigenvalue weighted by molar-refractivity contribution is 0.408. The van der Waals surface area contributed by atoms with E-state index in [-0.39, 0.29) is 0 Å². The lowest BCUT2D eigenvalue weighted by Crippen LogP contribution is -2.07. The summed E-state index contributed by atoms with van der Waals surface area (Å²) in [5.41, 5.74) is 8.66. The quantitative estimate of drug-likeness (QED) is 0.259. The number of halogens is 2. The SMILES string of the molecule is COc1ccccc1CN/N=C\c1c(C)n(Cc2ccc(Cl)c(Cl)c2)c2ccccc12. The molecule has 31 heavy (non-hydrogen) atoms. The number of aromatic nitrogens is 1. The minimum atomic E-state index is 0.563. The van der Waals surface area contributed by atoms with Crippen LogP contribution in [-0.2, 0) is 13.1 Å². The Morgan fingerprint density at radius 1 is 1.00 bits per heavy atom. The topological polar surface area (TPSA) is 38.5 Å². The summed E-state index contributed by atoms with van der Waals surface area (Å²) in [5.74, 6) is 0.847. The van der Waals surface area contributed by atoms with Crippen LogP contribution in [0.5, 0.6) is 5.75 Å². The Morgan fingerprint density at radius 3 is 2.58 bits per heavy atom. The van der Waals surface area contributed by atoms with Gasteiger partial charge in [0.05, 0.1) is 29.9 Å². The molecule has 4 rings (SSSR count). The molecule has 1 N–H and O–H groups in total. The predicted molar refractivity (Wildman–Crippen MR) is 130 cm³/mol. The van der Waals surface area contributed by atoms with Crippen molar-refractivity contribution in [3.8, 4) is 5.75 Å². The molecule has 0 amide bonds. The molecule has 0 saturated heterocycles. The van der Waals surface area contributed by atoms with E-state index in [2.05, 4.69) is 34.2 Å². The van der Waals surface area contributed by atoms with Crippen LogP contribution in [0.25, 0.3) is 10.9 Å². The van der Waals surface area contributed by atoms with Crippen LogP contribution in [0.2, 0.25) is 10.0 Å². The van der Waals surface area contributed by atoms with Crippen molar-refractivity contribution in [1.29, 1.82) is 0 Å². The molecule has 158 valence electrons. The van der Waals surface area contributed by atoms with Crippen LogP contribution in [0.15, 0.2) is 71.8 Å². The average Bonchev–Trinajstić information content (AvgIpc) is 3.05. The van der Waals surface area contributed by atoms with E-state index in [1.807, 2.05) is 60.8 Å². The molecule has 6 heteroatoms. The molecule has 1 aromatic heterocycles. The molecule has 4 aromatic rings. The van der Waals surface area contributed by atoms with Gasteiger partial charge in [0.2, 0.25) is 0 Å². The van der Waals surface area contributed by atoms with Gasteiger partial charge in [-0.1, -0.05) is 65.7 Å². The molecule has 0 atom stereocenters. The molecule has 4 nitrogen and oxygen atoms in total. The van der Waals surface area contributed by atoms with Crippen LogP contribution >= 0.6 is 23.2 Å². The summed E-state index contributed by atoms with van der Waals surface area (Å²) >= 11 is 12.3. The minimum Gasteiger partial charge on any atom is -0.496 e. The van der Waals surface area contributed by atoms with E-state index in [0.29, 0.717) is 23.1 Å². The number of nitrogens with one attached hydrogen (secondary N) is 1. The van der Waals surface area contributed by atoms with Gasteiger partial charge >= 0.3 is 0 Å². The molecular formula is C25H23Cl2N3O. The average molecular weight is 452 g/mol. The first-order valence-electron chi connectivity index (χ1n) is 9.98. The highest BCUT2D eigenvalue weighted by Gasteiger charge is 2.13. The zero-order chi connectivity index (χ0) is 21.8. The van der Waals surface area contributed by atoms with Gasteiger partial charge in [-0.3, -0.25) is 0 Å². The molecule has 0 bridgehead atoms. The van der Waals surface area contributed by atoms with Gasteiger partial charge in [-0.05, 0) is 36.8 Å². The van der Waals surface area contributed by atoms with E-state index in [1.165, 1.54) is 0 Å². The minimum absolute atomic E-state index is 0.563. The predicted octanol–water partition coefficient (Wildman–Crippen LogP) is 6.44. The van der Waals surface area contributed by atoms with Gasteiger partial charge in [0.1, 0.15) is 5.75 Å². The molecule has 1 heterocycles. The van der Waals surface area contributed by atoms with E-state index < -0.39 is 0 Å². The zero-order valence-corrected chi connectivity index (χ0v) is 18.9. The Labute approximate surface area is 192 Å². The van der Waals surface area contributed by atoms with E-state index in [9.17, 15) is 0 Å². The number of fused-ring (bicyclic) bond motifs is 1. The number of methoxy groups -OCH3 is 1. The molecule has 0 saturated carbocycles. The Hall–Kier alpha value is -2.95. The normalized spacial score (nSPS) is 11.4. The maximum atomic E-state index is 6.22. The third-order valence-electron chi connectivity index (χ3n) is 5.35. The highest BCUT2D eigenvalue weighted by atomic mass is 35.5. The van der Waals surface area contributed by atoms with Crippen LogP contribution in [-0.4, -0.2) is 17.9 Å². The smallest absolute Gasteiger partial charge is 0.123 e. The summed E-state index contributed by atoms with van der Waals surface area (Å²) in [5, 5.41) is 6.77. The van der Waals surface area contributed by atoms with Crippen molar-refractivity contribution in [1.82, 2.24) is 9.99 Å². The van der Waals surface area contributed by atoms with Crippen molar-refractivity contribution in [2.75, 3.05) is 7.11 Å². The highest BCUT2D eigenvalue weighted by molar-refractivity contribution is 6.42. The Bertz CT molecular complexity index is 1250. The molecule has 0 radical (unpaired) electrons. The van der Waals surface area contributed by atoms with Crippen molar-refractivity contribution in [2.24, 2.45) is 5.10 Å². The number of rotatable bonds is 7. The van der Waals surface area contributed by atoms with Crippen LogP contribution in [0.4, 0.5) is 0 Å². The van der Waals surface area contributed by atoms with Crippen molar-refractivity contribution in [3.05, 3.63) is 99.2 Å². The summed E-state index contributed by atoms with van der Waals surface area (Å²) in [6.07, 6.45) is 1.89. The van der Waals surface area contributed by atoms with Gasteiger partial charge in [0.15, 0.2) is 0 Å². The van der Waals surface area contributed by atoms with Crippen LogP contribution in [0.3, 0.4) is 0 Å². The summed E-state index contributed by atoms with van der Waals surface area (Å²) in [6.45, 7) is 3.40. The second-order valence-corrected chi connectivity index (χ2v) is 8.07. The highest BCUT2D eigenvalue weighted by Crippen LogP contribution is 2.28. The molecule has 0 unspecified atom stereocenters. The summed E-state index contributed by atoms with van der Waals surface area (Å²) < 4.78 is 7.67. The van der Waals surface area contributed by atoms with Crippen molar-refractivity contribution in [3.63, 3.8) is 0 Å². The van der Waals surface area contributed by atoms with E-state index in [1.54, 1.807) is 7.11 Å². The third kappa shape index (κ3) is 4.55. The Balaban J connectivity index is 1.60. The van der Waals surface area contributed by atoms with E-state index in [4.69, 9.17) is 27.9 Å². The Kier molecular flexibility index (Phi) is 6.50. The van der Waals surface area contributed by atoms with Gasteiger partial charge in [0, 0.05) is 34.3 Å². The maximum Gasteiger partial charge on any atom is 0.123 e. The number of hydrazone groups is 1. The first kappa shape index (κ1) is 21.3. The fourth-order valence-electron chi connectivity index (χ4n) is 3.74. The zero-order valence-electron chi connectivity index (χ0n) is 17.4. The van der Waals surface area contributed by atoms with Crippen molar-refractivity contribution in [2.45, 2.75) is 20.0 Å². The van der Waals surface area contributed by atoms with Crippen LogP contribution in [0.1, 0.15) is 22.4 Å². The van der Waals surface area contributed by atoms with Gasteiger partial charge < -0.3 is 14.7 Å². The molecule has 0 aliphatic heterocycles. The van der Waals surface area contributed by atoms with Gasteiger partial charge in [-0.25, -0.2) is 0 Å². The first-order valence-corrected chi connectivity index (χ1v) is 10.7. The summed E-state index contributed by atoms with van der Waals surface area (Å²) in [7, 11) is 1.67. The Morgan fingerprint density at radius 2 is 1.77 bits per heavy atom. The van der Waals surface area contributed by atoms with Crippen molar-refractivity contribution < 1.29 is 4.74 Å². The molecule has 0 spiro atoms. The molecular weight excluding hydrogens is 429 g/mol. The van der Waals surface area contributed by atoms with Gasteiger partial charge in [0.25, 0.3) is 0 Å². The maximum absolute atomic E-state index is 6.22. The largest absolute Gasteiger partial charge is 0.496 e. The number of nitrogens with zero attached hydrogens (tertiary/aromatic N) is 2. The number of ether oxygens (including phenoxy) is 1. The fraction of sp³-hybridized carbons (Fsp3) is 0.160. The van der Waals surface area contributed by atoms with E-state index >= 15 is 0 Å². The lowest BCUT2D eigenvalue weighted by Gasteiger charge is -2.10. The number of hydrogen-bond donors (Lipinski definition) is 1. The number of hydrogen-bond acceptors (Lipinski definition) is 3. The van der Waals surface area contributed by atoms with Crippen molar-refractivity contribution >= 4 is 40.3 Å². The summed E-state index contributed by atoms with van der Waals surface area (Å²) in [6, 6.07) is 22.0. The second kappa shape index (κ2) is 9.46. The third-order valence-corrected chi connectivity index (χ3v) is 6.09. The van der Waals surface area contributed by atoms with Crippen LogP contribution < -0.4 is 10.2 Å². The van der Waals surface area contributed by atoms with Gasteiger partial charge in [-0.2, -0.15) is 5.10 Å². The molecule has 0 fully saturated rings. The standard InChI is InChI=1S/C25H23Cl2N3O/c1-17-21(15-29-28-14-19-7-3-6-10-25(19)31-2)20-8-4-5-9-24(20)30(17)16-18-11-12-22(26)23(27)13-18/h3-13,15,28H,14,16H2,1-2H3/b29-15-. The molecule has 0 aliphatic carbocycles. The van der Waals surface area contributed by atoms with Gasteiger partial charge in [-0.15, -0.1) is 0 Å².